The van der Waals surface area contributed by atoms with Gasteiger partial charge in [0.05, 0.1) is 13.1 Å². The number of benzene rings is 3. The highest BCUT2D eigenvalue weighted by atomic mass is 79.9. The zero-order valence-electron chi connectivity index (χ0n) is 22.0. The highest BCUT2D eigenvalue weighted by Gasteiger charge is 2.39. The fraction of sp³-hybridized carbons (Fsp3) is 0.300. The minimum atomic E-state index is -4.09. The maximum Gasteiger partial charge on any atom is 0.376 e. The smallest absolute Gasteiger partial charge is 0.376 e. The van der Waals surface area contributed by atoms with Crippen molar-refractivity contribution in [2.24, 2.45) is 0 Å². The summed E-state index contributed by atoms with van der Waals surface area (Å²) in [6.07, 6.45) is 5.89. The topological polar surface area (TPSA) is 98.7 Å². The quantitative estimate of drug-likeness (QED) is 0.230. The molecule has 216 valence electrons. The van der Waals surface area contributed by atoms with E-state index in [-0.39, 0.29) is 17.8 Å². The lowest BCUT2D eigenvalue weighted by atomic mass is 9.84. The lowest BCUT2D eigenvalue weighted by Gasteiger charge is -2.26. The van der Waals surface area contributed by atoms with E-state index >= 15 is 0 Å². The molecule has 0 radical (unpaired) electrons. The molecule has 0 aromatic heterocycles. The molecule has 1 aliphatic rings. The minimum Gasteiger partial charge on any atom is -0.477 e. The number of alkyl halides is 2. The molecule has 3 N–H and O–H groups in total. The molecule has 3 aromatic rings. The second-order valence-electron chi connectivity index (χ2n) is 9.99. The maximum absolute atomic E-state index is 13.9. The van der Waals surface area contributed by atoms with Gasteiger partial charge in [-0.15, -0.1) is 0 Å². The van der Waals surface area contributed by atoms with Crippen LogP contribution in [0.5, 0.6) is 0 Å². The Kier molecular flexibility index (Phi) is 9.69. The molecule has 0 bridgehead atoms. The fourth-order valence-electron chi connectivity index (χ4n) is 4.77. The highest BCUT2D eigenvalue weighted by molar-refractivity contribution is 9.10. The van der Waals surface area contributed by atoms with Crippen LogP contribution < -0.4 is 15.5 Å². The van der Waals surface area contributed by atoms with Gasteiger partial charge >= 0.3 is 17.9 Å². The molecule has 0 unspecified atom stereocenters. The van der Waals surface area contributed by atoms with Crippen molar-refractivity contribution in [3.05, 3.63) is 93.7 Å². The van der Waals surface area contributed by atoms with Gasteiger partial charge in [-0.05, 0) is 72.4 Å². The molecular formula is C30H29BrF3N3O4. The first kappa shape index (κ1) is 30.1. The monoisotopic (exact) mass is 631 g/mol. The van der Waals surface area contributed by atoms with Gasteiger partial charge in [0.1, 0.15) is 5.82 Å². The molecular weight excluding hydrogens is 603 g/mol. The summed E-state index contributed by atoms with van der Waals surface area (Å²) in [6.45, 7) is -1.26. The van der Waals surface area contributed by atoms with E-state index in [0.29, 0.717) is 21.6 Å². The molecule has 0 heterocycles. The van der Waals surface area contributed by atoms with E-state index in [9.17, 15) is 27.6 Å². The third-order valence-electron chi connectivity index (χ3n) is 6.98. The zero-order valence-corrected chi connectivity index (χ0v) is 23.6. The Hall–Kier alpha value is -3.86. The second-order valence-corrected chi connectivity index (χ2v) is 10.9. The molecule has 1 aliphatic carbocycles. The molecule has 4 rings (SSSR count). The molecule has 0 saturated heterocycles. The van der Waals surface area contributed by atoms with Crippen molar-refractivity contribution < 1.29 is 32.7 Å². The lowest BCUT2D eigenvalue weighted by molar-refractivity contribution is -0.163. The standard InChI is InChI=1S/C30H29BrF3N3O4/c31-23-14-24(32)16-25(15-23)36-29(41)37(26-12-10-21(11-13-26)20-4-2-1-3-5-20)17-19-6-8-22(9-7-19)27(38)35-18-30(33,34)28(39)40/h6-16,20H,1-5,17-18H2,(H,35,38)(H,36,41)(H,39,40). The number of hydrogen-bond acceptors (Lipinski definition) is 3. The normalized spacial score (nSPS) is 13.9. The van der Waals surface area contributed by atoms with Crippen LogP contribution in [0.4, 0.5) is 29.3 Å². The number of carbonyl (C=O) groups excluding carboxylic acids is 2. The Balaban J connectivity index is 1.53. The van der Waals surface area contributed by atoms with Crippen molar-refractivity contribution in [2.45, 2.75) is 50.5 Å². The Morgan fingerprint density at radius 1 is 0.951 bits per heavy atom. The van der Waals surface area contributed by atoms with Crippen LogP contribution in [0, 0.1) is 5.82 Å². The van der Waals surface area contributed by atoms with Crippen molar-refractivity contribution in [1.82, 2.24) is 5.32 Å². The average molecular weight is 632 g/mol. The summed E-state index contributed by atoms with van der Waals surface area (Å²) in [5.74, 6) is -7.31. The minimum absolute atomic E-state index is 0.0485. The van der Waals surface area contributed by atoms with Crippen molar-refractivity contribution >= 4 is 45.2 Å². The van der Waals surface area contributed by atoms with Gasteiger partial charge in [-0.2, -0.15) is 8.78 Å². The molecule has 0 spiro atoms. The number of nitrogens with zero attached hydrogens (tertiary/aromatic N) is 1. The molecule has 1 saturated carbocycles. The Morgan fingerprint density at radius 2 is 1.61 bits per heavy atom. The molecule has 3 amide bonds. The van der Waals surface area contributed by atoms with Crippen molar-refractivity contribution in [1.29, 1.82) is 0 Å². The van der Waals surface area contributed by atoms with Crippen LogP contribution in [0.15, 0.2) is 71.2 Å². The predicted molar refractivity (Wildman–Crippen MR) is 153 cm³/mol. The number of nitrogens with one attached hydrogen (secondary N) is 2. The van der Waals surface area contributed by atoms with Crippen molar-refractivity contribution in [3.63, 3.8) is 0 Å². The van der Waals surface area contributed by atoms with E-state index in [1.807, 2.05) is 29.6 Å². The van der Waals surface area contributed by atoms with E-state index in [1.54, 1.807) is 18.2 Å². The predicted octanol–water partition coefficient (Wildman–Crippen LogP) is 7.32. The summed E-state index contributed by atoms with van der Waals surface area (Å²) < 4.78 is 41.0. The SMILES string of the molecule is O=C(NCC(F)(F)C(=O)O)c1ccc(CN(C(=O)Nc2cc(F)cc(Br)c2)c2ccc(C3CCCCC3)cc2)cc1. The van der Waals surface area contributed by atoms with Gasteiger partial charge in [0.25, 0.3) is 5.91 Å². The van der Waals surface area contributed by atoms with Crippen LogP contribution in [-0.4, -0.2) is 35.5 Å². The molecule has 0 atom stereocenters. The van der Waals surface area contributed by atoms with Gasteiger partial charge in [0.15, 0.2) is 0 Å². The summed E-state index contributed by atoms with van der Waals surface area (Å²) >= 11 is 3.22. The van der Waals surface area contributed by atoms with E-state index in [4.69, 9.17) is 5.11 Å². The first-order valence-electron chi connectivity index (χ1n) is 13.1. The van der Waals surface area contributed by atoms with Crippen LogP contribution >= 0.6 is 15.9 Å². The van der Waals surface area contributed by atoms with E-state index in [2.05, 4.69) is 21.2 Å². The number of carboxylic acid groups (broad SMARTS) is 1. The first-order valence-corrected chi connectivity index (χ1v) is 13.9. The van der Waals surface area contributed by atoms with Crippen LogP contribution in [0.1, 0.15) is 59.5 Å². The second kappa shape index (κ2) is 13.2. The van der Waals surface area contributed by atoms with Gasteiger partial charge in [0.2, 0.25) is 0 Å². The molecule has 3 aromatic carbocycles. The number of amides is 3. The number of carbonyl (C=O) groups is 3. The third-order valence-corrected chi connectivity index (χ3v) is 7.44. The van der Waals surface area contributed by atoms with Gasteiger partial charge in [-0.25, -0.2) is 14.0 Å². The van der Waals surface area contributed by atoms with Gasteiger partial charge in [-0.3, -0.25) is 9.69 Å². The zero-order chi connectivity index (χ0) is 29.6. The number of halogens is 4. The Bertz CT molecular complexity index is 1370. The first-order chi connectivity index (χ1) is 19.5. The number of anilines is 2. The van der Waals surface area contributed by atoms with Gasteiger partial charge in [0, 0.05) is 21.4 Å². The summed E-state index contributed by atoms with van der Waals surface area (Å²) in [7, 11) is 0. The third kappa shape index (κ3) is 8.09. The fourth-order valence-corrected chi connectivity index (χ4v) is 5.24. The van der Waals surface area contributed by atoms with Gasteiger partial charge in [-0.1, -0.05) is 59.5 Å². The number of aliphatic carboxylic acids is 1. The molecule has 41 heavy (non-hydrogen) atoms. The molecule has 0 aliphatic heterocycles. The van der Waals surface area contributed by atoms with Crippen molar-refractivity contribution in [3.8, 4) is 0 Å². The van der Waals surface area contributed by atoms with E-state index in [1.165, 1.54) is 54.0 Å². The Morgan fingerprint density at radius 3 is 2.22 bits per heavy atom. The number of carboxylic acids is 1. The van der Waals surface area contributed by atoms with Gasteiger partial charge < -0.3 is 15.7 Å². The Labute approximate surface area is 243 Å². The van der Waals surface area contributed by atoms with E-state index < -0.39 is 36.2 Å². The number of rotatable bonds is 9. The summed E-state index contributed by atoms with van der Waals surface area (Å²) in [5.41, 5.74) is 2.76. The number of urea groups is 1. The largest absolute Gasteiger partial charge is 0.477 e. The summed E-state index contributed by atoms with van der Waals surface area (Å²) in [6, 6.07) is 17.3. The van der Waals surface area contributed by atoms with E-state index in [0.717, 1.165) is 12.8 Å². The molecule has 11 heteroatoms. The molecule has 7 nitrogen and oxygen atoms in total. The van der Waals surface area contributed by atoms with Crippen LogP contribution in [0.3, 0.4) is 0 Å². The van der Waals surface area contributed by atoms with Crippen molar-refractivity contribution in [2.75, 3.05) is 16.8 Å². The average Bonchev–Trinajstić information content (AvgIpc) is 2.95. The highest BCUT2D eigenvalue weighted by Crippen LogP contribution is 2.33. The van der Waals surface area contributed by atoms with Crippen LogP contribution in [0.2, 0.25) is 0 Å². The van der Waals surface area contributed by atoms with Crippen LogP contribution in [-0.2, 0) is 11.3 Å². The summed E-state index contributed by atoms with van der Waals surface area (Å²) in [4.78, 5) is 37.7. The molecule has 1 fully saturated rings. The van der Waals surface area contributed by atoms with Crippen LogP contribution in [0.25, 0.3) is 0 Å². The lowest BCUT2D eigenvalue weighted by Crippen LogP contribution is -2.42. The number of hydrogen-bond donors (Lipinski definition) is 3. The maximum atomic E-state index is 13.9. The summed E-state index contributed by atoms with van der Waals surface area (Å²) in [5, 5.41) is 13.2.